The molecule has 0 atom stereocenters. The van der Waals surface area contributed by atoms with E-state index in [1.165, 1.54) is 18.4 Å². The Balaban J connectivity index is 2.49. The maximum absolute atomic E-state index is 11.5. The molecule has 1 rings (SSSR count). The van der Waals surface area contributed by atoms with Gasteiger partial charge in [-0.3, -0.25) is 10.1 Å². The summed E-state index contributed by atoms with van der Waals surface area (Å²) in [6.45, 7) is 4.02. The quantitative estimate of drug-likeness (QED) is 0.830. The Morgan fingerprint density at radius 2 is 2.00 bits per heavy atom. The molecule has 0 aliphatic carbocycles. The van der Waals surface area contributed by atoms with Crippen molar-refractivity contribution < 1.29 is 14.3 Å². The summed E-state index contributed by atoms with van der Waals surface area (Å²) in [6.07, 6.45) is 1.33. The summed E-state index contributed by atoms with van der Waals surface area (Å²) < 4.78 is 4.36. The summed E-state index contributed by atoms with van der Waals surface area (Å²) in [5.74, 6) is 0.00833. The van der Waals surface area contributed by atoms with Crippen LogP contribution in [0.1, 0.15) is 37.6 Å². The summed E-state index contributed by atoms with van der Waals surface area (Å²) >= 11 is 1.36. The first kappa shape index (κ1) is 15.4. The molecule has 2 N–H and O–H groups in total. The van der Waals surface area contributed by atoms with Gasteiger partial charge in [0.25, 0.3) is 0 Å². The Kier molecular flexibility index (Phi) is 6.20. The third kappa shape index (κ3) is 4.82. The van der Waals surface area contributed by atoms with Crippen molar-refractivity contribution in [2.75, 3.05) is 19.0 Å². The van der Waals surface area contributed by atoms with Gasteiger partial charge in [0, 0.05) is 5.92 Å². The molecule has 0 radical (unpaired) electrons. The van der Waals surface area contributed by atoms with E-state index in [1.807, 2.05) is 0 Å². The van der Waals surface area contributed by atoms with E-state index in [0.717, 1.165) is 17.8 Å². The second-order valence-electron chi connectivity index (χ2n) is 3.85. The van der Waals surface area contributed by atoms with E-state index in [4.69, 9.17) is 0 Å². The predicted molar refractivity (Wildman–Crippen MR) is 72.3 cm³/mol. The van der Waals surface area contributed by atoms with Crippen LogP contribution in [0.4, 0.5) is 9.93 Å². The number of rotatable bonds is 6. The first-order chi connectivity index (χ1) is 9.10. The summed E-state index contributed by atoms with van der Waals surface area (Å²) in [5, 5.41) is 14.2. The summed E-state index contributed by atoms with van der Waals surface area (Å²) in [4.78, 5) is 22.3. The summed E-state index contributed by atoms with van der Waals surface area (Å²) in [6, 6.07) is 0. The van der Waals surface area contributed by atoms with Crippen molar-refractivity contribution in [3.8, 4) is 0 Å². The standard InChI is InChI=1S/C11H18N4O3S/c1-4-7(5-2)9-14-15-10(19-9)13-8(16)6-12-11(17)18-3/h7H,4-6H2,1-3H3,(H,12,17)(H,13,15,16). The number of aromatic nitrogens is 2. The molecule has 1 aromatic rings. The third-order valence-corrected chi connectivity index (χ3v) is 3.60. The molecule has 0 spiro atoms. The van der Waals surface area contributed by atoms with Gasteiger partial charge in [-0.05, 0) is 12.8 Å². The van der Waals surface area contributed by atoms with Crippen molar-refractivity contribution in [3.63, 3.8) is 0 Å². The smallest absolute Gasteiger partial charge is 0.407 e. The van der Waals surface area contributed by atoms with Gasteiger partial charge in [0.15, 0.2) is 0 Å². The SMILES string of the molecule is CCC(CC)c1nnc(NC(=O)CNC(=O)OC)s1. The van der Waals surface area contributed by atoms with E-state index in [9.17, 15) is 9.59 Å². The Hall–Kier alpha value is -1.70. The van der Waals surface area contributed by atoms with E-state index in [0.29, 0.717) is 11.0 Å². The Bertz CT molecular complexity index is 431. The Morgan fingerprint density at radius 1 is 1.32 bits per heavy atom. The van der Waals surface area contributed by atoms with Crippen molar-refractivity contribution in [2.24, 2.45) is 0 Å². The van der Waals surface area contributed by atoms with Gasteiger partial charge in [-0.15, -0.1) is 10.2 Å². The van der Waals surface area contributed by atoms with E-state index in [2.05, 4.69) is 39.4 Å². The van der Waals surface area contributed by atoms with Gasteiger partial charge in [0.05, 0.1) is 7.11 Å². The van der Waals surface area contributed by atoms with Gasteiger partial charge in [0.1, 0.15) is 11.6 Å². The highest BCUT2D eigenvalue weighted by Gasteiger charge is 2.14. The van der Waals surface area contributed by atoms with Crippen LogP contribution < -0.4 is 10.6 Å². The van der Waals surface area contributed by atoms with E-state index in [1.54, 1.807) is 0 Å². The summed E-state index contributed by atoms with van der Waals surface area (Å²) in [7, 11) is 1.24. The number of hydrogen-bond donors (Lipinski definition) is 2. The lowest BCUT2D eigenvalue weighted by Gasteiger charge is -2.05. The molecule has 0 saturated carbocycles. The number of methoxy groups -OCH3 is 1. The van der Waals surface area contributed by atoms with Gasteiger partial charge in [-0.2, -0.15) is 0 Å². The second-order valence-corrected chi connectivity index (χ2v) is 4.86. The molecule has 106 valence electrons. The molecule has 0 aromatic carbocycles. The zero-order valence-corrected chi connectivity index (χ0v) is 12.0. The van der Waals surface area contributed by atoms with Crippen LogP contribution in [0.5, 0.6) is 0 Å². The number of hydrogen-bond acceptors (Lipinski definition) is 6. The average molecular weight is 286 g/mol. The second kappa shape index (κ2) is 7.67. The number of nitrogens with one attached hydrogen (secondary N) is 2. The lowest BCUT2D eigenvalue weighted by molar-refractivity contribution is -0.115. The highest BCUT2D eigenvalue weighted by atomic mass is 32.1. The molecule has 1 heterocycles. The van der Waals surface area contributed by atoms with Gasteiger partial charge >= 0.3 is 6.09 Å². The molecule has 2 amide bonds. The van der Waals surface area contributed by atoms with Gasteiger partial charge in [0.2, 0.25) is 11.0 Å². The zero-order chi connectivity index (χ0) is 14.3. The molecule has 0 bridgehead atoms. The number of amides is 2. The monoisotopic (exact) mass is 286 g/mol. The molecule has 0 aliphatic rings. The fourth-order valence-corrected chi connectivity index (χ4v) is 2.50. The van der Waals surface area contributed by atoms with Crippen LogP contribution in [0.25, 0.3) is 0 Å². The maximum Gasteiger partial charge on any atom is 0.407 e. The fourth-order valence-electron chi connectivity index (χ4n) is 1.48. The predicted octanol–water partition coefficient (Wildman–Crippen LogP) is 1.74. The molecule has 19 heavy (non-hydrogen) atoms. The van der Waals surface area contributed by atoms with Crippen molar-refractivity contribution in [1.29, 1.82) is 0 Å². The lowest BCUT2D eigenvalue weighted by Crippen LogP contribution is -2.32. The minimum absolute atomic E-state index is 0.160. The molecule has 1 aromatic heterocycles. The number of anilines is 1. The normalized spacial score (nSPS) is 10.3. The minimum Gasteiger partial charge on any atom is -0.453 e. The molecule has 0 unspecified atom stereocenters. The van der Waals surface area contributed by atoms with Crippen LogP contribution >= 0.6 is 11.3 Å². The van der Waals surface area contributed by atoms with E-state index < -0.39 is 6.09 Å². The summed E-state index contributed by atoms with van der Waals surface area (Å²) in [5.41, 5.74) is 0. The average Bonchev–Trinajstić information content (AvgIpc) is 2.85. The lowest BCUT2D eigenvalue weighted by atomic mass is 10.1. The highest BCUT2D eigenvalue weighted by molar-refractivity contribution is 7.15. The van der Waals surface area contributed by atoms with Crippen LogP contribution in [0.15, 0.2) is 0 Å². The number of nitrogens with zero attached hydrogens (tertiary/aromatic N) is 2. The van der Waals surface area contributed by atoms with E-state index >= 15 is 0 Å². The van der Waals surface area contributed by atoms with E-state index in [-0.39, 0.29) is 12.5 Å². The van der Waals surface area contributed by atoms with Crippen LogP contribution in [0.2, 0.25) is 0 Å². The van der Waals surface area contributed by atoms with Crippen LogP contribution in [-0.2, 0) is 9.53 Å². The topological polar surface area (TPSA) is 93.2 Å². The third-order valence-electron chi connectivity index (χ3n) is 2.60. The first-order valence-corrected chi connectivity index (χ1v) is 6.87. The van der Waals surface area contributed by atoms with Gasteiger partial charge < -0.3 is 10.1 Å². The molecular formula is C11H18N4O3S. The molecule has 8 heteroatoms. The van der Waals surface area contributed by atoms with Crippen molar-refractivity contribution >= 4 is 28.5 Å². The zero-order valence-electron chi connectivity index (χ0n) is 11.2. The molecular weight excluding hydrogens is 268 g/mol. The highest BCUT2D eigenvalue weighted by Crippen LogP contribution is 2.27. The first-order valence-electron chi connectivity index (χ1n) is 6.05. The van der Waals surface area contributed by atoms with Crippen molar-refractivity contribution in [3.05, 3.63) is 5.01 Å². The van der Waals surface area contributed by atoms with Crippen LogP contribution in [0.3, 0.4) is 0 Å². The van der Waals surface area contributed by atoms with Crippen molar-refractivity contribution in [2.45, 2.75) is 32.6 Å². The number of alkyl carbamates (subject to hydrolysis) is 1. The minimum atomic E-state index is -0.648. The van der Waals surface area contributed by atoms with Crippen LogP contribution in [0, 0.1) is 0 Å². The van der Waals surface area contributed by atoms with Gasteiger partial charge in [-0.25, -0.2) is 4.79 Å². The molecule has 0 saturated heterocycles. The Labute approximate surface area is 115 Å². The molecule has 0 aliphatic heterocycles. The molecule has 0 fully saturated rings. The number of carbonyl (C=O) groups is 2. The largest absolute Gasteiger partial charge is 0.453 e. The van der Waals surface area contributed by atoms with Crippen molar-refractivity contribution in [1.82, 2.24) is 15.5 Å². The Morgan fingerprint density at radius 3 is 2.58 bits per heavy atom. The number of ether oxygens (including phenoxy) is 1. The van der Waals surface area contributed by atoms with Crippen LogP contribution in [-0.4, -0.2) is 35.9 Å². The maximum atomic E-state index is 11.5. The molecule has 7 nitrogen and oxygen atoms in total. The van der Waals surface area contributed by atoms with Gasteiger partial charge in [-0.1, -0.05) is 25.2 Å². The fraction of sp³-hybridized carbons (Fsp3) is 0.636. The number of carbonyl (C=O) groups excluding carboxylic acids is 2.